The first-order valence-corrected chi connectivity index (χ1v) is 7.49. The van der Waals surface area contributed by atoms with Crippen LogP contribution in [0, 0.1) is 5.92 Å². The number of aromatic nitrogens is 1. The monoisotopic (exact) mass is 311 g/mol. The molecule has 23 heavy (non-hydrogen) atoms. The number of imide groups is 2. The number of fused-ring (bicyclic) bond motifs is 1. The number of pyridine rings is 1. The predicted molar refractivity (Wildman–Crippen MR) is 84.2 cm³/mol. The second-order valence-corrected chi connectivity index (χ2v) is 5.98. The van der Waals surface area contributed by atoms with E-state index in [0.717, 1.165) is 26.3 Å². The van der Waals surface area contributed by atoms with Crippen LogP contribution in [0.2, 0.25) is 0 Å². The molecule has 2 heterocycles. The third-order valence-electron chi connectivity index (χ3n) is 3.73. The maximum absolute atomic E-state index is 12.4. The largest absolute Gasteiger partial charge is 0.334 e. The number of hydrogen-bond acceptors (Lipinski definition) is 4. The van der Waals surface area contributed by atoms with Gasteiger partial charge in [0.05, 0.1) is 12.1 Å². The molecule has 4 amide bonds. The van der Waals surface area contributed by atoms with Crippen LogP contribution in [0.4, 0.5) is 4.79 Å². The molecule has 2 aromatic rings. The third-order valence-corrected chi connectivity index (χ3v) is 3.73. The molecular formula is C17H17N3O3. The summed E-state index contributed by atoms with van der Waals surface area (Å²) < 4.78 is 0. The molecule has 1 aliphatic heterocycles. The number of rotatable bonds is 4. The Morgan fingerprint density at radius 2 is 1.70 bits per heavy atom. The molecule has 0 radical (unpaired) electrons. The summed E-state index contributed by atoms with van der Waals surface area (Å²) in [6, 6.07) is 8.75. The first kappa shape index (κ1) is 15.1. The van der Waals surface area contributed by atoms with Gasteiger partial charge in [-0.15, -0.1) is 0 Å². The standard InChI is InChI=1S/C17H17N3O3/c1-11(2)9-19-15(21)16(22)20(17(19)23)10-13-6-3-5-12-7-4-8-18-14(12)13/h3-8,11H,9-10H2,1-2H3. The maximum atomic E-state index is 12.4. The second-order valence-electron chi connectivity index (χ2n) is 5.98. The van der Waals surface area contributed by atoms with E-state index in [9.17, 15) is 14.4 Å². The Kier molecular flexibility index (Phi) is 3.82. The van der Waals surface area contributed by atoms with Gasteiger partial charge in [-0.2, -0.15) is 0 Å². The molecule has 0 unspecified atom stereocenters. The van der Waals surface area contributed by atoms with Crippen LogP contribution in [0.3, 0.4) is 0 Å². The van der Waals surface area contributed by atoms with Gasteiger partial charge in [-0.25, -0.2) is 4.79 Å². The number of para-hydroxylation sites is 1. The van der Waals surface area contributed by atoms with Crippen molar-refractivity contribution >= 4 is 28.7 Å². The first-order valence-electron chi connectivity index (χ1n) is 7.49. The highest BCUT2D eigenvalue weighted by molar-refractivity contribution is 6.44. The van der Waals surface area contributed by atoms with E-state index in [1.54, 1.807) is 6.20 Å². The molecule has 0 saturated carbocycles. The SMILES string of the molecule is CC(C)CN1C(=O)C(=O)N(Cc2cccc3cccnc23)C1=O. The van der Waals surface area contributed by atoms with E-state index in [-0.39, 0.29) is 19.0 Å². The highest BCUT2D eigenvalue weighted by Crippen LogP contribution is 2.21. The van der Waals surface area contributed by atoms with Crippen molar-refractivity contribution in [2.45, 2.75) is 20.4 Å². The summed E-state index contributed by atoms with van der Waals surface area (Å²) in [6.07, 6.45) is 1.66. The lowest BCUT2D eigenvalue weighted by Gasteiger charge is -2.17. The van der Waals surface area contributed by atoms with Crippen molar-refractivity contribution in [2.24, 2.45) is 5.92 Å². The van der Waals surface area contributed by atoms with Gasteiger partial charge in [0.25, 0.3) is 0 Å². The average molecular weight is 311 g/mol. The van der Waals surface area contributed by atoms with Crippen molar-refractivity contribution < 1.29 is 14.4 Å². The van der Waals surface area contributed by atoms with E-state index in [2.05, 4.69) is 4.98 Å². The van der Waals surface area contributed by atoms with Gasteiger partial charge in [0, 0.05) is 18.1 Å². The molecular weight excluding hydrogens is 294 g/mol. The number of hydrogen-bond donors (Lipinski definition) is 0. The summed E-state index contributed by atoms with van der Waals surface area (Å²) >= 11 is 0. The molecule has 118 valence electrons. The highest BCUT2D eigenvalue weighted by atomic mass is 16.2. The lowest BCUT2D eigenvalue weighted by atomic mass is 10.1. The van der Waals surface area contributed by atoms with Crippen LogP contribution in [-0.2, 0) is 16.1 Å². The smallest absolute Gasteiger partial charge is 0.263 e. The molecule has 1 aromatic carbocycles. The number of amides is 4. The van der Waals surface area contributed by atoms with Crippen LogP contribution in [-0.4, -0.2) is 39.2 Å². The molecule has 6 heteroatoms. The van der Waals surface area contributed by atoms with E-state index >= 15 is 0 Å². The zero-order valence-corrected chi connectivity index (χ0v) is 13.0. The number of benzene rings is 1. The molecule has 0 N–H and O–H groups in total. The van der Waals surface area contributed by atoms with E-state index < -0.39 is 17.8 Å². The summed E-state index contributed by atoms with van der Waals surface area (Å²) in [7, 11) is 0. The van der Waals surface area contributed by atoms with Gasteiger partial charge in [0.2, 0.25) is 0 Å². The lowest BCUT2D eigenvalue weighted by Crippen LogP contribution is -2.35. The molecule has 1 aliphatic rings. The van der Waals surface area contributed by atoms with Gasteiger partial charge in [-0.05, 0) is 17.5 Å². The zero-order valence-electron chi connectivity index (χ0n) is 13.0. The first-order chi connectivity index (χ1) is 11.0. The summed E-state index contributed by atoms with van der Waals surface area (Å²) in [5, 5.41) is 0.925. The van der Waals surface area contributed by atoms with Gasteiger partial charge in [-0.3, -0.25) is 24.4 Å². The van der Waals surface area contributed by atoms with E-state index in [1.807, 2.05) is 44.2 Å². The van der Waals surface area contributed by atoms with Crippen molar-refractivity contribution in [3.8, 4) is 0 Å². The van der Waals surface area contributed by atoms with Gasteiger partial charge in [0.1, 0.15) is 0 Å². The van der Waals surface area contributed by atoms with Gasteiger partial charge < -0.3 is 0 Å². The normalized spacial score (nSPS) is 15.3. The molecule has 3 rings (SSSR count). The van der Waals surface area contributed by atoms with Gasteiger partial charge in [0.15, 0.2) is 0 Å². The fourth-order valence-corrected chi connectivity index (χ4v) is 2.68. The summed E-state index contributed by atoms with van der Waals surface area (Å²) in [5.41, 5.74) is 1.47. The molecule has 1 saturated heterocycles. The second kappa shape index (κ2) is 5.79. The Balaban J connectivity index is 1.91. The number of nitrogens with zero attached hydrogens (tertiary/aromatic N) is 3. The van der Waals surface area contributed by atoms with Crippen molar-refractivity contribution in [3.63, 3.8) is 0 Å². The van der Waals surface area contributed by atoms with Crippen LogP contribution in [0.15, 0.2) is 36.5 Å². The fraction of sp³-hybridized carbons (Fsp3) is 0.294. The zero-order chi connectivity index (χ0) is 16.6. The van der Waals surface area contributed by atoms with Crippen molar-refractivity contribution in [3.05, 3.63) is 42.1 Å². The van der Waals surface area contributed by atoms with E-state index in [4.69, 9.17) is 0 Å². The molecule has 0 aliphatic carbocycles. The minimum absolute atomic E-state index is 0.0480. The molecule has 6 nitrogen and oxygen atoms in total. The van der Waals surface area contributed by atoms with Crippen molar-refractivity contribution in [1.82, 2.24) is 14.8 Å². The number of carbonyl (C=O) groups is 3. The molecule has 1 aromatic heterocycles. The maximum Gasteiger partial charge on any atom is 0.334 e. The summed E-state index contributed by atoms with van der Waals surface area (Å²) in [6.45, 7) is 4.07. The third kappa shape index (κ3) is 2.67. The molecule has 1 fully saturated rings. The van der Waals surface area contributed by atoms with Crippen molar-refractivity contribution in [1.29, 1.82) is 0 Å². The Bertz CT molecular complexity index is 795. The molecule has 0 atom stereocenters. The highest BCUT2D eigenvalue weighted by Gasteiger charge is 2.44. The van der Waals surface area contributed by atoms with Crippen LogP contribution >= 0.6 is 0 Å². The van der Waals surface area contributed by atoms with Crippen LogP contribution in [0.1, 0.15) is 19.4 Å². The minimum Gasteiger partial charge on any atom is -0.263 e. The van der Waals surface area contributed by atoms with E-state index in [0.29, 0.717) is 0 Å². The Labute approximate surface area is 133 Å². The van der Waals surface area contributed by atoms with E-state index in [1.165, 1.54) is 0 Å². The fourth-order valence-electron chi connectivity index (χ4n) is 2.68. The molecule has 0 bridgehead atoms. The minimum atomic E-state index is -0.774. The Hall–Kier alpha value is -2.76. The van der Waals surface area contributed by atoms with Crippen LogP contribution < -0.4 is 0 Å². The van der Waals surface area contributed by atoms with Crippen molar-refractivity contribution in [2.75, 3.05) is 6.54 Å². The number of carbonyl (C=O) groups excluding carboxylic acids is 3. The molecule has 0 spiro atoms. The quantitative estimate of drug-likeness (QED) is 0.641. The van der Waals surface area contributed by atoms with Crippen LogP contribution in [0.25, 0.3) is 10.9 Å². The summed E-state index contributed by atoms with van der Waals surface area (Å²) in [5.74, 6) is -1.42. The predicted octanol–water partition coefficient (Wildman–Crippen LogP) is 2.18. The topological polar surface area (TPSA) is 70.6 Å². The average Bonchev–Trinajstić information content (AvgIpc) is 2.73. The lowest BCUT2D eigenvalue weighted by molar-refractivity contribution is -0.143. The Morgan fingerprint density at radius 1 is 1.00 bits per heavy atom. The number of urea groups is 1. The van der Waals surface area contributed by atoms with Crippen LogP contribution in [0.5, 0.6) is 0 Å². The Morgan fingerprint density at radius 3 is 2.43 bits per heavy atom. The van der Waals surface area contributed by atoms with Gasteiger partial charge >= 0.3 is 17.8 Å². The van der Waals surface area contributed by atoms with Gasteiger partial charge in [-0.1, -0.05) is 38.1 Å². The summed E-state index contributed by atoms with van der Waals surface area (Å²) in [4.78, 5) is 42.9.